The highest BCUT2D eigenvalue weighted by Crippen LogP contribution is 2.13. The van der Waals surface area contributed by atoms with Gasteiger partial charge >= 0.3 is 0 Å². The lowest BCUT2D eigenvalue weighted by Gasteiger charge is -2.06. The first-order valence-corrected chi connectivity index (χ1v) is 6.53. The average molecular weight is 254 g/mol. The molecule has 2 aromatic carbocycles. The maximum atomic E-state index is 11.1. The molecule has 0 aliphatic carbocycles. The molecule has 2 rings (SSSR count). The molecule has 0 saturated heterocycles. The molecule has 0 atom stereocenters. The van der Waals surface area contributed by atoms with Crippen molar-refractivity contribution in [3.05, 3.63) is 65.7 Å². The zero-order valence-corrected chi connectivity index (χ0v) is 11.1. The van der Waals surface area contributed by atoms with E-state index < -0.39 is 0 Å². The predicted molar refractivity (Wildman–Crippen MR) is 76.7 cm³/mol. The van der Waals surface area contributed by atoms with E-state index in [0.717, 1.165) is 24.2 Å². The number of rotatable bonds is 6. The highest BCUT2D eigenvalue weighted by atomic mass is 16.5. The monoisotopic (exact) mass is 254 g/mol. The Hall–Kier alpha value is -2.09. The SMILES string of the molecule is CC(=O)c1ccc(OCCCc2ccccc2)cc1. The summed E-state index contributed by atoms with van der Waals surface area (Å²) < 4.78 is 5.65. The maximum absolute atomic E-state index is 11.1. The summed E-state index contributed by atoms with van der Waals surface area (Å²) in [6, 6.07) is 17.7. The van der Waals surface area contributed by atoms with Gasteiger partial charge in [0, 0.05) is 5.56 Å². The predicted octanol–water partition coefficient (Wildman–Crippen LogP) is 3.90. The van der Waals surface area contributed by atoms with Gasteiger partial charge in [-0.3, -0.25) is 4.79 Å². The molecule has 98 valence electrons. The van der Waals surface area contributed by atoms with Crippen molar-refractivity contribution in [2.24, 2.45) is 0 Å². The minimum Gasteiger partial charge on any atom is -0.494 e. The van der Waals surface area contributed by atoms with Crippen LogP contribution in [0.15, 0.2) is 54.6 Å². The van der Waals surface area contributed by atoms with Crippen molar-refractivity contribution in [1.82, 2.24) is 0 Å². The van der Waals surface area contributed by atoms with Crippen LogP contribution in [0.5, 0.6) is 5.75 Å². The number of benzene rings is 2. The van der Waals surface area contributed by atoms with Crippen molar-refractivity contribution in [3.8, 4) is 5.75 Å². The molecule has 19 heavy (non-hydrogen) atoms. The standard InChI is InChI=1S/C17H18O2/c1-14(18)16-9-11-17(12-10-16)19-13-5-8-15-6-3-2-4-7-15/h2-4,6-7,9-12H,5,8,13H2,1H3. The lowest BCUT2D eigenvalue weighted by molar-refractivity contribution is 0.101. The van der Waals surface area contributed by atoms with Crippen molar-refractivity contribution in [2.45, 2.75) is 19.8 Å². The molecular weight excluding hydrogens is 236 g/mol. The number of hydrogen-bond donors (Lipinski definition) is 0. The Labute approximate surface area is 114 Å². The lowest BCUT2D eigenvalue weighted by Crippen LogP contribution is -2.00. The first kappa shape index (κ1) is 13.3. The van der Waals surface area contributed by atoms with E-state index >= 15 is 0 Å². The maximum Gasteiger partial charge on any atom is 0.159 e. The minimum atomic E-state index is 0.0793. The molecule has 0 amide bonds. The summed E-state index contributed by atoms with van der Waals surface area (Å²) in [5.74, 6) is 0.897. The summed E-state index contributed by atoms with van der Waals surface area (Å²) in [7, 11) is 0. The van der Waals surface area contributed by atoms with Crippen LogP contribution in [0.25, 0.3) is 0 Å². The molecule has 0 radical (unpaired) electrons. The number of ketones is 1. The molecular formula is C17H18O2. The molecule has 0 fully saturated rings. The molecule has 0 heterocycles. The van der Waals surface area contributed by atoms with E-state index in [1.807, 2.05) is 18.2 Å². The van der Waals surface area contributed by atoms with Crippen LogP contribution in [0, 0.1) is 0 Å². The van der Waals surface area contributed by atoms with Crippen LogP contribution in [-0.4, -0.2) is 12.4 Å². The number of hydrogen-bond acceptors (Lipinski definition) is 2. The second-order valence-electron chi connectivity index (χ2n) is 4.52. The average Bonchev–Trinajstić information content (AvgIpc) is 2.45. The van der Waals surface area contributed by atoms with Gasteiger partial charge in [0.05, 0.1) is 6.61 Å². The molecule has 0 unspecified atom stereocenters. The van der Waals surface area contributed by atoms with E-state index in [4.69, 9.17) is 4.74 Å². The normalized spacial score (nSPS) is 10.2. The largest absolute Gasteiger partial charge is 0.494 e. The van der Waals surface area contributed by atoms with Gasteiger partial charge in [-0.2, -0.15) is 0 Å². The van der Waals surface area contributed by atoms with Gasteiger partial charge in [0.25, 0.3) is 0 Å². The van der Waals surface area contributed by atoms with E-state index in [1.165, 1.54) is 5.56 Å². The Morgan fingerprint density at radius 1 is 1.00 bits per heavy atom. The Morgan fingerprint density at radius 3 is 2.32 bits per heavy atom. The van der Waals surface area contributed by atoms with Gasteiger partial charge in [-0.25, -0.2) is 0 Å². The fraction of sp³-hybridized carbons (Fsp3) is 0.235. The third-order valence-electron chi connectivity index (χ3n) is 2.98. The zero-order chi connectivity index (χ0) is 13.5. The molecule has 0 N–H and O–H groups in total. The fourth-order valence-corrected chi connectivity index (χ4v) is 1.90. The summed E-state index contributed by atoms with van der Waals surface area (Å²) in [5.41, 5.74) is 2.05. The van der Waals surface area contributed by atoms with Gasteiger partial charge in [-0.1, -0.05) is 30.3 Å². The highest BCUT2D eigenvalue weighted by Gasteiger charge is 1.99. The summed E-state index contributed by atoms with van der Waals surface area (Å²) in [6.45, 7) is 2.25. The Kier molecular flexibility index (Phi) is 4.73. The van der Waals surface area contributed by atoms with Crippen LogP contribution in [0.4, 0.5) is 0 Å². The molecule has 0 saturated carbocycles. The first-order chi connectivity index (χ1) is 9.25. The van der Waals surface area contributed by atoms with E-state index in [-0.39, 0.29) is 5.78 Å². The second-order valence-corrected chi connectivity index (χ2v) is 4.52. The van der Waals surface area contributed by atoms with Crippen LogP contribution < -0.4 is 4.74 Å². The summed E-state index contributed by atoms with van der Waals surface area (Å²) in [6.07, 6.45) is 2.00. The smallest absolute Gasteiger partial charge is 0.159 e. The molecule has 0 spiro atoms. The molecule has 0 aliphatic rings. The van der Waals surface area contributed by atoms with E-state index in [9.17, 15) is 4.79 Å². The number of ether oxygens (including phenoxy) is 1. The summed E-state index contributed by atoms with van der Waals surface area (Å²) in [5, 5.41) is 0. The lowest BCUT2D eigenvalue weighted by atomic mass is 10.1. The van der Waals surface area contributed by atoms with Gasteiger partial charge in [0.1, 0.15) is 5.75 Å². The summed E-state index contributed by atoms with van der Waals surface area (Å²) in [4.78, 5) is 11.1. The quantitative estimate of drug-likeness (QED) is 0.577. The van der Waals surface area contributed by atoms with E-state index in [0.29, 0.717) is 6.61 Å². The fourth-order valence-electron chi connectivity index (χ4n) is 1.90. The highest BCUT2D eigenvalue weighted by molar-refractivity contribution is 5.94. The molecule has 0 aliphatic heterocycles. The topological polar surface area (TPSA) is 26.3 Å². The van der Waals surface area contributed by atoms with Crippen LogP contribution in [-0.2, 0) is 6.42 Å². The Bertz CT molecular complexity index is 515. The molecule has 0 aromatic heterocycles. The van der Waals surface area contributed by atoms with E-state index in [2.05, 4.69) is 24.3 Å². The van der Waals surface area contributed by atoms with Crippen molar-refractivity contribution in [1.29, 1.82) is 0 Å². The van der Waals surface area contributed by atoms with Crippen LogP contribution in [0.3, 0.4) is 0 Å². The van der Waals surface area contributed by atoms with Gasteiger partial charge in [-0.15, -0.1) is 0 Å². The van der Waals surface area contributed by atoms with E-state index in [1.54, 1.807) is 19.1 Å². The Morgan fingerprint density at radius 2 is 1.68 bits per heavy atom. The molecule has 0 bridgehead atoms. The molecule has 2 nitrogen and oxygen atoms in total. The van der Waals surface area contributed by atoms with Crippen molar-refractivity contribution in [2.75, 3.05) is 6.61 Å². The Balaban J connectivity index is 1.75. The van der Waals surface area contributed by atoms with Gasteiger partial charge in [-0.05, 0) is 49.6 Å². The van der Waals surface area contributed by atoms with Gasteiger partial charge in [0.2, 0.25) is 0 Å². The van der Waals surface area contributed by atoms with Crippen molar-refractivity contribution >= 4 is 5.78 Å². The first-order valence-electron chi connectivity index (χ1n) is 6.53. The van der Waals surface area contributed by atoms with Crippen molar-refractivity contribution < 1.29 is 9.53 Å². The van der Waals surface area contributed by atoms with Gasteiger partial charge < -0.3 is 4.74 Å². The van der Waals surface area contributed by atoms with Crippen LogP contribution >= 0.6 is 0 Å². The zero-order valence-electron chi connectivity index (χ0n) is 11.1. The number of carbonyl (C=O) groups excluding carboxylic acids is 1. The van der Waals surface area contributed by atoms with Crippen molar-refractivity contribution in [3.63, 3.8) is 0 Å². The number of carbonyl (C=O) groups is 1. The van der Waals surface area contributed by atoms with Crippen LogP contribution in [0.2, 0.25) is 0 Å². The van der Waals surface area contributed by atoms with Gasteiger partial charge in [0.15, 0.2) is 5.78 Å². The second kappa shape index (κ2) is 6.74. The number of Topliss-reactive ketones (excluding diaryl/α,β-unsaturated/α-hetero) is 1. The third-order valence-corrected chi connectivity index (χ3v) is 2.98. The summed E-state index contributed by atoms with van der Waals surface area (Å²) >= 11 is 0. The molecule has 2 aromatic rings. The third kappa shape index (κ3) is 4.25. The van der Waals surface area contributed by atoms with Crippen LogP contribution in [0.1, 0.15) is 29.3 Å². The minimum absolute atomic E-state index is 0.0793. The number of aryl methyl sites for hydroxylation is 1. The molecule has 2 heteroatoms.